The molecule has 10 heteroatoms. The van der Waals surface area contributed by atoms with Crippen LogP contribution < -0.4 is 0 Å². The van der Waals surface area contributed by atoms with Crippen molar-refractivity contribution in [1.29, 1.82) is 0 Å². The molecule has 2 atom stereocenters. The highest BCUT2D eigenvalue weighted by atomic mass is 19.4. The molecule has 0 aromatic rings. The minimum Gasteiger partial charge on any atom is -0.450 e. The molecule has 0 amide bonds. The maximum Gasteiger partial charge on any atom is 0.506 e. The van der Waals surface area contributed by atoms with Crippen LogP contribution in [0.2, 0.25) is 0 Å². The first-order valence-electron chi connectivity index (χ1n) is 3.17. The molecule has 0 aliphatic rings. The molecule has 0 saturated heterocycles. The van der Waals surface area contributed by atoms with E-state index in [0.29, 0.717) is 0 Å². The molecule has 0 bridgehead atoms. The topological polar surface area (TPSA) is 66.8 Å². The van der Waals surface area contributed by atoms with Gasteiger partial charge in [-0.05, 0) is 0 Å². The lowest BCUT2D eigenvalue weighted by Crippen LogP contribution is -2.50. The molecule has 0 radical (unpaired) electrons. The van der Waals surface area contributed by atoms with Gasteiger partial charge in [0.05, 0.1) is 0 Å². The Morgan fingerprint density at radius 2 is 1.47 bits per heavy atom. The molecule has 2 unspecified atom stereocenters. The van der Waals surface area contributed by atoms with Crippen molar-refractivity contribution >= 4 is 6.16 Å². The van der Waals surface area contributed by atoms with Crippen LogP contribution in [0.25, 0.3) is 0 Å². The summed E-state index contributed by atoms with van der Waals surface area (Å²) in [6.07, 6.45) is -21.6. The summed E-state index contributed by atoms with van der Waals surface area (Å²) in [5.74, 6) is 0. The van der Waals surface area contributed by atoms with Crippen molar-refractivity contribution in [1.82, 2.24) is 0 Å². The van der Waals surface area contributed by atoms with Gasteiger partial charge in [0.1, 0.15) is 0 Å². The molecule has 90 valence electrons. The standard InChI is InChI=1S/C5H4F6O4/c6-4(7,8)1(12)2(5(9,10)11)15-3(13)14/h1-2,12H,(H,13,14). The van der Waals surface area contributed by atoms with Crippen LogP contribution in [0.5, 0.6) is 0 Å². The number of aliphatic hydroxyl groups excluding tert-OH is 1. The van der Waals surface area contributed by atoms with Crippen molar-refractivity contribution in [2.24, 2.45) is 0 Å². The van der Waals surface area contributed by atoms with E-state index in [0.717, 1.165) is 0 Å². The van der Waals surface area contributed by atoms with Gasteiger partial charge in [0, 0.05) is 0 Å². The van der Waals surface area contributed by atoms with Gasteiger partial charge in [-0.1, -0.05) is 0 Å². The minimum absolute atomic E-state index is 2.57. The van der Waals surface area contributed by atoms with Gasteiger partial charge < -0.3 is 14.9 Å². The second kappa shape index (κ2) is 4.13. The zero-order valence-electron chi connectivity index (χ0n) is 6.63. The summed E-state index contributed by atoms with van der Waals surface area (Å²) in [4.78, 5) is 9.69. The van der Waals surface area contributed by atoms with Crippen LogP contribution in [0.15, 0.2) is 0 Å². The summed E-state index contributed by atoms with van der Waals surface area (Å²) in [5.41, 5.74) is 0. The largest absolute Gasteiger partial charge is 0.506 e. The number of aliphatic hydroxyl groups is 1. The Balaban J connectivity index is 4.87. The maximum absolute atomic E-state index is 11.8. The molecule has 2 N–H and O–H groups in total. The lowest BCUT2D eigenvalue weighted by Gasteiger charge is -2.25. The zero-order chi connectivity index (χ0) is 12.4. The molecule has 0 heterocycles. The summed E-state index contributed by atoms with van der Waals surface area (Å²) in [7, 11) is 0. The third-order valence-electron chi connectivity index (χ3n) is 1.17. The van der Waals surface area contributed by atoms with E-state index < -0.39 is 30.7 Å². The van der Waals surface area contributed by atoms with Gasteiger partial charge in [-0.2, -0.15) is 26.3 Å². The van der Waals surface area contributed by atoms with Gasteiger partial charge in [0.25, 0.3) is 0 Å². The van der Waals surface area contributed by atoms with Gasteiger partial charge in [-0.25, -0.2) is 4.79 Å². The molecular weight excluding hydrogens is 238 g/mol. The summed E-state index contributed by atoms with van der Waals surface area (Å²) >= 11 is 0. The van der Waals surface area contributed by atoms with Crippen molar-refractivity contribution in [3.63, 3.8) is 0 Å². The molecule has 0 fully saturated rings. The number of alkyl halides is 6. The first kappa shape index (κ1) is 13.8. The molecule has 0 aliphatic heterocycles. The van der Waals surface area contributed by atoms with Crippen LogP contribution in [0, 0.1) is 0 Å². The lowest BCUT2D eigenvalue weighted by molar-refractivity contribution is -0.294. The predicted molar refractivity (Wildman–Crippen MR) is 31.0 cm³/mol. The van der Waals surface area contributed by atoms with Gasteiger partial charge in [-0.3, -0.25) is 0 Å². The van der Waals surface area contributed by atoms with Crippen LogP contribution in [0.3, 0.4) is 0 Å². The van der Waals surface area contributed by atoms with E-state index >= 15 is 0 Å². The van der Waals surface area contributed by atoms with Crippen LogP contribution in [0.1, 0.15) is 0 Å². The van der Waals surface area contributed by atoms with Gasteiger partial charge in [0.15, 0.2) is 6.10 Å². The fourth-order valence-electron chi connectivity index (χ4n) is 0.591. The molecule has 0 spiro atoms. The van der Waals surface area contributed by atoms with E-state index in [2.05, 4.69) is 4.74 Å². The number of hydrogen-bond acceptors (Lipinski definition) is 3. The third-order valence-corrected chi connectivity index (χ3v) is 1.17. The Hall–Kier alpha value is -1.19. The van der Waals surface area contributed by atoms with Crippen molar-refractivity contribution in [2.75, 3.05) is 0 Å². The first-order chi connectivity index (χ1) is 6.46. The first-order valence-corrected chi connectivity index (χ1v) is 3.17. The second-order valence-corrected chi connectivity index (χ2v) is 2.33. The van der Waals surface area contributed by atoms with Crippen molar-refractivity contribution in [2.45, 2.75) is 24.6 Å². The Morgan fingerprint density at radius 3 is 1.67 bits per heavy atom. The highest BCUT2D eigenvalue weighted by Crippen LogP contribution is 2.33. The Bertz CT molecular complexity index is 233. The zero-order valence-corrected chi connectivity index (χ0v) is 6.63. The van der Waals surface area contributed by atoms with Crippen molar-refractivity contribution < 1.29 is 46.1 Å². The average Bonchev–Trinajstić information content (AvgIpc) is 1.94. The molecule has 0 rings (SSSR count). The quantitative estimate of drug-likeness (QED) is 0.569. The molecular formula is C5H4F6O4. The Kier molecular flexibility index (Phi) is 3.80. The van der Waals surface area contributed by atoms with Gasteiger partial charge in [-0.15, -0.1) is 0 Å². The molecule has 0 aliphatic carbocycles. The van der Waals surface area contributed by atoms with E-state index in [4.69, 9.17) is 10.2 Å². The maximum atomic E-state index is 11.8. The van der Waals surface area contributed by atoms with Gasteiger partial charge >= 0.3 is 18.5 Å². The number of carboxylic acid groups (broad SMARTS) is 1. The number of rotatable bonds is 2. The van der Waals surface area contributed by atoms with E-state index in [-0.39, 0.29) is 0 Å². The Labute approximate surface area is 78.1 Å². The fourth-order valence-corrected chi connectivity index (χ4v) is 0.591. The van der Waals surface area contributed by atoms with Crippen molar-refractivity contribution in [3.8, 4) is 0 Å². The van der Waals surface area contributed by atoms with Crippen LogP contribution in [-0.4, -0.2) is 40.9 Å². The predicted octanol–water partition coefficient (Wildman–Crippen LogP) is 1.54. The number of ether oxygens (including phenoxy) is 1. The van der Waals surface area contributed by atoms with Crippen LogP contribution >= 0.6 is 0 Å². The Morgan fingerprint density at radius 1 is 1.07 bits per heavy atom. The fraction of sp³-hybridized carbons (Fsp3) is 0.800. The van der Waals surface area contributed by atoms with E-state index in [9.17, 15) is 31.1 Å². The molecule has 0 aromatic heterocycles. The smallest absolute Gasteiger partial charge is 0.450 e. The highest BCUT2D eigenvalue weighted by Gasteiger charge is 2.57. The van der Waals surface area contributed by atoms with E-state index in [1.807, 2.05) is 0 Å². The average molecular weight is 242 g/mol. The molecule has 15 heavy (non-hydrogen) atoms. The van der Waals surface area contributed by atoms with Crippen LogP contribution in [-0.2, 0) is 4.74 Å². The normalized spacial score (nSPS) is 17.0. The third kappa shape index (κ3) is 4.23. The summed E-state index contributed by atoms with van der Waals surface area (Å²) < 4.78 is 73.3. The molecule has 4 nitrogen and oxygen atoms in total. The summed E-state index contributed by atoms with van der Waals surface area (Å²) in [6.45, 7) is 0. The summed E-state index contributed by atoms with van der Waals surface area (Å²) in [6, 6.07) is 0. The molecule has 0 saturated carbocycles. The SMILES string of the molecule is O=C(O)OC(C(O)C(F)(F)F)C(F)(F)F. The monoisotopic (exact) mass is 242 g/mol. The lowest BCUT2D eigenvalue weighted by atomic mass is 10.2. The highest BCUT2D eigenvalue weighted by molar-refractivity contribution is 5.57. The second-order valence-electron chi connectivity index (χ2n) is 2.33. The number of carbonyl (C=O) groups is 1. The van der Waals surface area contributed by atoms with Crippen LogP contribution in [0.4, 0.5) is 31.1 Å². The van der Waals surface area contributed by atoms with E-state index in [1.54, 1.807) is 0 Å². The van der Waals surface area contributed by atoms with Crippen molar-refractivity contribution in [3.05, 3.63) is 0 Å². The van der Waals surface area contributed by atoms with E-state index in [1.165, 1.54) is 0 Å². The minimum atomic E-state index is -5.65. The number of halogens is 6. The van der Waals surface area contributed by atoms with Gasteiger partial charge in [0.2, 0.25) is 6.10 Å². The summed E-state index contributed by atoms with van der Waals surface area (Å²) in [5, 5.41) is 16.0. The number of hydrogen-bond donors (Lipinski definition) is 2. The molecule has 0 aromatic carbocycles.